The molecule has 0 atom stereocenters. The summed E-state index contributed by atoms with van der Waals surface area (Å²) in [5.41, 5.74) is 2.27. The first kappa shape index (κ1) is 13.4. The molecule has 1 saturated carbocycles. The van der Waals surface area contributed by atoms with Crippen LogP contribution in [0.5, 0.6) is 0 Å². The van der Waals surface area contributed by atoms with Gasteiger partial charge in [0.15, 0.2) is 0 Å². The second kappa shape index (κ2) is 5.44. The van der Waals surface area contributed by atoms with Crippen LogP contribution in [0.25, 0.3) is 11.1 Å². The summed E-state index contributed by atoms with van der Waals surface area (Å²) in [5.74, 6) is -1.22. The molecule has 0 bridgehead atoms. The fourth-order valence-corrected chi connectivity index (χ4v) is 2.32. The third-order valence-electron chi connectivity index (χ3n) is 3.52. The standard InChI is InChI=1S/C16H15NO4/c18-15(19)9-17(14-4-5-14)16(20)12-3-1-2-11(8-12)13-6-7-21-10-13/h1-3,6-8,10,14H,4-5,9H2,(H,18,19). The molecule has 5 nitrogen and oxygen atoms in total. The van der Waals surface area contributed by atoms with Crippen molar-refractivity contribution >= 4 is 11.9 Å². The zero-order chi connectivity index (χ0) is 14.8. The van der Waals surface area contributed by atoms with Crippen LogP contribution >= 0.6 is 0 Å². The van der Waals surface area contributed by atoms with Crippen molar-refractivity contribution in [3.05, 3.63) is 48.4 Å². The van der Waals surface area contributed by atoms with Gasteiger partial charge in [0.2, 0.25) is 0 Å². The maximum Gasteiger partial charge on any atom is 0.323 e. The average molecular weight is 285 g/mol. The van der Waals surface area contributed by atoms with Crippen LogP contribution in [0.15, 0.2) is 47.3 Å². The summed E-state index contributed by atoms with van der Waals surface area (Å²) in [6.07, 6.45) is 4.94. The summed E-state index contributed by atoms with van der Waals surface area (Å²) < 4.78 is 5.04. The van der Waals surface area contributed by atoms with Crippen LogP contribution in [-0.4, -0.2) is 34.5 Å². The average Bonchev–Trinajstić information content (AvgIpc) is 3.17. The van der Waals surface area contributed by atoms with E-state index in [0.29, 0.717) is 5.56 Å². The van der Waals surface area contributed by atoms with Crippen molar-refractivity contribution in [3.8, 4) is 11.1 Å². The van der Waals surface area contributed by atoms with Crippen LogP contribution < -0.4 is 0 Å². The lowest BCUT2D eigenvalue weighted by Gasteiger charge is -2.20. The van der Waals surface area contributed by atoms with Crippen LogP contribution in [0.3, 0.4) is 0 Å². The number of carbonyl (C=O) groups excluding carboxylic acids is 1. The number of hydrogen-bond acceptors (Lipinski definition) is 3. The molecule has 1 aliphatic rings. The number of aliphatic carboxylic acids is 1. The van der Waals surface area contributed by atoms with Gasteiger partial charge in [0.25, 0.3) is 5.91 Å². The molecule has 108 valence electrons. The van der Waals surface area contributed by atoms with Gasteiger partial charge >= 0.3 is 5.97 Å². The van der Waals surface area contributed by atoms with Crippen LogP contribution in [0, 0.1) is 0 Å². The molecule has 0 spiro atoms. The highest BCUT2D eigenvalue weighted by Crippen LogP contribution is 2.29. The number of nitrogens with zero attached hydrogens (tertiary/aromatic N) is 1. The molecule has 0 saturated heterocycles. The minimum absolute atomic E-state index is 0.0613. The van der Waals surface area contributed by atoms with E-state index in [1.165, 1.54) is 4.90 Å². The number of carboxylic acids is 1. The van der Waals surface area contributed by atoms with Gasteiger partial charge in [-0.05, 0) is 36.6 Å². The first-order valence-electron chi connectivity index (χ1n) is 6.80. The van der Waals surface area contributed by atoms with E-state index in [9.17, 15) is 9.59 Å². The highest BCUT2D eigenvalue weighted by molar-refractivity contribution is 5.97. The number of carboxylic acid groups (broad SMARTS) is 1. The van der Waals surface area contributed by atoms with Crippen LogP contribution in [0.2, 0.25) is 0 Å². The Hall–Kier alpha value is -2.56. The fourth-order valence-electron chi connectivity index (χ4n) is 2.32. The Morgan fingerprint density at radius 1 is 1.24 bits per heavy atom. The monoisotopic (exact) mass is 285 g/mol. The van der Waals surface area contributed by atoms with E-state index in [2.05, 4.69) is 0 Å². The van der Waals surface area contributed by atoms with E-state index in [-0.39, 0.29) is 18.5 Å². The van der Waals surface area contributed by atoms with Gasteiger partial charge in [-0.3, -0.25) is 9.59 Å². The van der Waals surface area contributed by atoms with E-state index in [4.69, 9.17) is 9.52 Å². The van der Waals surface area contributed by atoms with E-state index in [0.717, 1.165) is 24.0 Å². The van der Waals surface area contributed by atoms with E-state index < -0.39 is 5.97 Å². The fraction of sp³-hybridized carbons (Fsp3) is 0.250. The zero-order valence-corrected chi connectivity index (χ0v) is 11.4. The van der Waals surface area contributed by atoms with Crippen molar-refractivity contribution in [2.45, 2.75) is 18.9 Å². The molecule has 0 aliphatic heterocycles. The third-order valence-corrected chi connectivity index (χ3v) is 3.52. The van der Waals surface area contributed by atoms with Gasteiger partial charge in [0.05, 0.1) is 12.5 Å². The van der Waals surface area contributed by atoms with Gasteiger partial charge in [-0.15, -0.1) is 0 Å². The zero-order valence-electron chi connectivity index (χ0n) is 11.4. The Morgan fingerprint density at radius 3 is 2.67 bits per heavy atom. The topological polar surface area (TPSA) is 70.8 Å². The quantitative estimate of drug-likeness (QED) is 0.916. The van der Waals surface area contributed by atoms with Gasteiger partial charge < -0.3 is 14.4 Å². The third kappa shape index (κ3) is 2.97. The maximum absolute atomic E-state index is 12.5. The molecule has 1 aromatic heterocycles. The lowest BCUT2D eigenvalue weighted by Crippen LogP contribution is -2.37. The maximum atomic E-state index is 12.5. The molecule has 0 radical (unpaired) electrons. The molecule has 1 amide bonds. The van der Waals surface area contributed by atoms with Crippen molar-refractivity contribution in [1.29, 1.82) is 0 Å². The second-order valence-electron chi connectivity index (χ2n) is 5.15. The summed E-state index contributed by atoms with van der Waals surface area (Å²) in [5, 5.41) is 8.95. The van der Waals surface area contributed by atoms with Gasteiger partial charge in [0, 0.05) is 17.2 Å². The first-order chi connectivity index (χ1) is 10.1. The van der Waals surface area contributed by atoms with Crippen molar-refractivity contribution in [2.24, 2.45) is 0 Å². The molecule has 1 N–H and O–H groups in total. The number of benzene rings is 1. The molecule has 2 aromatic rings. The van der Waals surface area contributed by atoms with E-state index in [1.54, 1.807) is 30.7 Å². The first-order valence-corrected chi connectivity index (χ1v) is 6.80. The molecule has 21 heavy (non-hydrogen) atoms. The lowest BCUT2D eigenvalue weighted by atomic mass is 10.1. The Balaban J connectivity index is 1.86. The van der Waals surface area contributed by atoms with Gasteiger partial charge in [-0.1, -0.05) is 12.1 Å². The normalized spacial score (nSPS) is 13.9. The molecular formula is C16H15NO4. The summed E-state index contributed by atoms with van der Waals surface area (Å²) >= 11 is 0. The number of hydrogen-bond donors (Lipinski definition) is 1. The predicted molar refractivity (Wildman–Crippen MR) is 75.8 cm³/mol. The van der Waals surface area contributed by atoms with E-state index >= 15 is 0 Å². The minimum Gasteiger partial charge on any atom is -0.480 e. The summed E-state index contributed by atoms with van der Waals surface area (Å²) in [6, 6.07) is 9.04. The Kier molecular flexibility index (Phi) is 3.48. The highest BCUT2D eigenvalue weighted by atomic mass is 16.4. The number of amides is 1. The predicted octanol–water partition coefficient (Wildman–Crippen LogP) is 2.64. The van der Waals surface area contributed by atoms with Gasteiger partial charge in [-0.2, -0.15) is 0 Å². The van der Waals surface area contributed by atoms with Gasteiger partial charge in [-0.25, -0.2) is 0 Å². The summed E-state index contributed by atoms with van der Waals surface area (Å²) in [7, 11) is 0. The lowest BCUT2D eigenvalue weighted by molar-refractivity contribution is -0.137. The van der Waals surface area contributed by atoms with Crippen molar-refractivity contribution in [3.63, 3.8) is 0 Å². The SMILES string of the molecule is O=C(O)CN(C(=O)c1cccc(-c2ccoc2)c1)C1CC1. The second-order valence-corrected chi connectivity index (χ2v) is 5.15. The Labute approximate surface area is 121 Å². The number of furan rings is 1. The molecule has 5 heteroatoms. The van der Waals surface area contributed by atoms with Crippen LogP contribution in [0.1, 0.15) is 23.2 Å². The summed E-state index contributed by atoms with van der Waals surface area (Å²) in [4.78, 5) is 24.9. The van der Waals surface area contributed by atoms with E-state index in [1.807, 2.05) is 12.1 Å². The van der Waals surface area contributed by atoms with Crippen LogP contribution in [0.4, 0.5) is 0 Å². The van der Waals surface area contributed by atoms with Crippen molar-refractivity contribution < 1.29 is 19.1 Å². The summed E-state index contributed by atoms with van der Waals surface area (Å²) in [6.45, 7) is -0.251. The number of carbonyl (C=O) groups is 2. The molecular weight excluding hydrogens is 270 g/mol. The molecule has 3 rings (SSSR count). The molecule has 1 heterocycles. The minimum atomic E-state index is -0.985. The Bertz CT molecular complexity index is 659. The molecule has 1 aliphatic carbocycles. The van der Waals surface area contributed by atoms with Crippen molar-refractivity contribution in [1.82, 2.24) is 4.90 Å². The van der Waals surface area contributed by atoms with Crippen LogP contribution in [-0.2, 0) is 4.79 Å². The number of rotatable bonds is 5. The largest absolute Gasteiger partial charge is 0.480 e. The highest BCUT2D eigenvalue weighted by Gasteiger charge is 2.34. The molecule has 0 unspecified atom stereocenters. The Morgan fingerprint density at radius 2 is 2.05 bits per heavy atom. The van der Waals surface area contributed by atoms with Crippen molar-refractivity contribution in [2.75, 3.05) is 6.54 Å². The molecule has 1 aromatic carbocycles. The molecule has 1 fully saturated rings. The van der Waals surface area contributed by atoms with Gasteiger partial charge in [0.1, 0.15) is 6.54 Å². The smallest absolute Gasteiger partial charge is 0.323 e.